The Morgan fingerprint density at radius 2 is 2.09 bits per heavy atom. The monoisotopic (exact) mass is 337 g/mol. The smallest absolute Gasteiger partial charge is 0.226 e. The molecule has 8 heteroatoms. The van der Waals surface area contributed by atoms with Crippen LogP contribution in [0.3, 0.4) is 0 Å². The van der Waals surface area contributed by atoms with Gasteiger partial charge in [-0.05, 0) is 43.7 Å². The fraction of sp³-hybridized carbons (Fsp3) is 0.667. The van der Waals surface area contributed by atoms with Crippen molar-refractivity contribution in [3.8, 4) is 0 Å². The van der Waals surface area contributed by atoms with Crippen molar-refractivity contribution >= 4 is 28.6 Å². The van der Waals surface area contributed by atoms with Crippen LogP contribution in [0.2, 0.25) is 5.28 Å². The third-order valence-corrected chi connectivity index (χ3v) is 4.56. The number of fused-ring (bicyclic) bond motifs is 1. The summed E-state index contributed by atoms with van der Waals surface area (Å²) in [7, 11) is 0. The molecule has 2 aliphatic rings. The zero-order chi connectivity index (χ0) is 15.6. The van der Waals surface area contributed by atoms with Gasteiger partial charge in [0.05, 0.1) is 12.4 Å². The predicted octanol–water partition coefficient (Wildman–Crippen LogP) is 2.77. The number of imidazole rings is 1. The van der Waals surface area contributed by atoms with Crippen molar-refractivity contribution in [2.24, 2.45) is 0 Å². The molecule has 2 aromatic rings. The number of hydrogen-bond acceptors (Lipinski definition) is 6. The predicted molar refractivity (Wildman–Crippen MR) is 86.6 cm³/mol. The summed E-state index contributed by atoms with van der Waals surface area (Å²) >= 11 is 6.10. The van der Waals surface area contributed by atoms with E-state index in [2.05, 4.69) is 20.3 Å². The molecule has 0 aromatic carbocycles. The van der Waals surface area contributed by atoms with Crippen molar-refractivity contribution in [3.05, 3.63) is 11.6 Å². The van der Waals surface area contributed by atoms with Crippen LogP contribution in [0.25, 0.3) is 11.2 Å². The van der Waals surface area contributed by atoms with Crippen LogP contribution in [0.5, 0.6) is 0 Å². The quantitative estimate of drug-likeness (QED) is 0.846. The van der Waals surface area contributed by atoms with Crippen LogP contribution in [0.1, 0.15) is 38.3 Å². The summed E-state index contributed by atoms with van der Waals surface area (Å²) in [6, 6.07) is 0. The molecule has 4 heterocycles. The summed E-state index contributed by atoms with van der Waals surface area (Å²) in [5, 5.41) is 3.55. The number of nitrogens with zero attached hydrogens (tertiary/aromatic N) is 4. The molecule has 0 amide bonds. The molecule has 7 nitrogen and oxygen atoms in total. The Kier molecular flexibility index (Phi) is 4.33. The Bertz CT molecular complexity index is 680. The third-order valence-electron chi connectivity index (χ3n) is 4.39. The molecule has 0 spiro atoms. The zero-order valence-corrected chi connectivity index (χ0v) is 13.6. The van der Waals surface area contributed by atoms with Crippen LogP contribution < -0.4 is 5.32 Å². The van der Waals surface area contributed by atoms with Crippen LogP contribution >= 0.6 is 11.6 Å². The lowest BCUT2D eigenvalue weighted by Gasteiger charge is -2.13. The summed E-state index contributed by atoms with van der Waals surface area (Å²) < 4.78 is 13.3. The van der Waals surface area contributed by atoms with E-state index >= 15 is 0 Å². The Morgan fingerprint density at radius 1 is 1.22 bits per heavy atom. The minimum Gasteiger partial charge on any atom is -0.378 e. The van der Waals surface area contributed by atoms with Gasteiger partial charge >= 0.3 is 0 Å². The molecule has 2 atom stereocenters. The Labute approximate surface area is 139 Å². The van der Waals surface area contributed by atoms with Crippen molar-refractivity contribution in [2.75, 3.05) is 25.1 Å². The van der Waals surface area contributed by atoms with Gasteiger partial charge in [-0.15, -0.1) is 0 Å². The first kappa shape index (κ1) is 15.1. The summed E-state index contributed by atoms with van der Waals surface area (Å²) in [6.07, 6.45) is 7.36. The Balaban J connectivity index is 1.53. The van der Waals surface area contributed by atoms with Crippen molar-refractivity contribution in [1.82, 2.24) is 19.5 Å². The van der Waals surface area contributed by atoms with Crippen LogP contribution in [0.4, 0.5) is 5.82 Å². The minimum absolute atomic E-state index is 0.00861. The maximum Gasteiger partial charge on any atom is 0.226 e. The fourth-order valence-electron chi connectivity index (χ4n) is 3.23. The van der Waals surface area contributed by atoms with Crippen molar-refractivity contribution in [2.45, 2.75) is 44.4 Å². The van der Waals surface area contributed by atoms with E-state index in [1.165, 1.54) is 0 Å². The highest BCUT2D eigenvalue weighted by Gasteiger charge is 2.22. The third kappa shape index (κ3) is 3.13. The number of nitrogens with one attached hydrogen (secondary N) is 1. The highest BCUT2D eigenvalue weighted by molar-refractivity contribution is 6.28. The van der Waals surface area contributed by atoms with E-state index in [1.807, 2.05) is 4.57 Å². The van der Waals surface area contributed by atoms with Crippen molar-refractivity contribution in [1.29, 1.82) is 0 Å². The van der Waals surface area contributed by atoms with Gasteiger partial charge < -0.3 is 14.8 Å². The second-order valence-corrected chi connectivity index (χ2v) is 6.32. The highest BCUT2D eigenvalue weighted by atomic mass is 35.5. The molecule has 2 fully saturated rings. The molecule has 4 rings (SSSR count). The van der Waals surface area contributed by atoms with Gasteiger partial charge in [-0.2, -0.15) is 9.97 Å². The van der Waals surface area contributed by atoms with Gasteiger partial charge in [0, 0.05) is 19.8 Å². The van der Waals surface area contributed by atoms with Crippen LogP contribution in [-0.2, 0) is 9.47 Å². The number of ether oxygens (including phenoxy) is 2. The summed E-state index contributed by atoms with van der Waals surface area (Å²) in [4.78, 5) is 13.1. The average Bonchev–Trinajstić information content (AvgIpc) is 3.28. The molecular formula is C15H20ClN5O2. The Hall–Kier alpha value is -1.44. The molecule has 0 saturated carbocycles. The second-order valence-electron chi connectivity index (χ2n) is 5.98. The number of halogens is 1. The SMILES string of the molecule is Clc1nc(NCCC2CCCO2)c2ncn(C3CCCO3)c2n1. The normalized spacial score (nSPS) is 24.6. The molecular weight excluding hydrogens is 318 g/mol. The lowest BCUT2D eigenvalue weighted by Crippen LogP contribution is -2.13. The molecule has 0 radical (unpaired) electrons. The largest absolute Gasteiger partial charge is 0.378 e. The van der Waals surface area contributed by atoms with Gasteiger partial charge in [-0.1, -0.05) is 0 Å². The number of rotatable bonds is 5. The van der Waals surface area contributed by atoms with Crippen LogP contribution in [-0.4, -0.2) is 45.4 Å². The van der Waals surface area contributed by atoms with Crippen LogP contribution in [0.15, 0.2) is 6.33 Å². The minimum atomic E-state index is -0.00861. The van der Waals surface area contributed by atoms with Crippen LogP contribution in [0, 0.1) is 0 Å². The van der Waals surface area contributed by atoms with E-state index in [0.29, 0.717) is 11.9 Å². The van der Waals surface area contributed by atoms with E-state index in [-0.39, 0.29) is 11.5 Å². The van der Waals surface area contributed by atoms with E-state index in [9.17, 15) is 0 Å². The molecule has 2 aromatic heterocycles. The number of anilines is 1. The lowest BCUT2D eigenvalue weighted by atomic mass is 10.2. The summed E-state index contributed by atoms with van der Waals surface area (Å²) in [5.41, 5.74) is 1.45. The molecule has 2 saturated heterocycles. The molecule has 1 N–H and O–H groups in total. The summed E-state index contributed by atoms with van der Waals surface area (Å²) in [6.45, 7) is 2.43. The lowest BCUT2D eigenvalue weighted by molar-refractivity contribution is 0.0593. The highest BCUT2D eigenvalue weighted by Crippen LogP contribution is 2.29. The van der Waals surface area contributed by atoms with E-state index in [1.54, 1.807) is 6.33 Å². The number of aromatic nitrogens is 4. The zero-order valence-electron chi connectivity index (χ0n) is 12.9. The van der Waals surface area contributed by atoms with Crippen molar-refractivity contribution < 1.29 is 9.47 Å². The van der Waals surface area contributed by atoms with E-state index < -0.39 is 0 Å². The Morgan fingerprint density at radius 3 is 2.87 bits per heavy atom. The molecule has 2 unspecified atom stereocenters. The van der Waals surface area contributed by atoms with Gasteiger partial charge in [0.15, 0.2) is 17.0 Å². The first-order valence-electron chi connectivity index (χ1n) is 8.18. The van der Waals surface area contributed by atoms with Gasteiger partial charge in [0.25, 0.3) is 0 Å². The second kappa shape index (κ2) is 6.59. The van der Waals surface area contributed by atoms with Gasteiger partial charge in [-0.3, -0.25) is 4.57 Å². The van der Waals surface area contributed by atoms with Gasteiger partial charge in [0.2, 0.25) is 5.28 Å². The molecule has 0 aliphatic carbocycles. The fourth-order valence-corrected chi connectivity index (χ4v) is 3.39. The van der Waals surface area contributed by atoms with Gasteiger partial charge in [0.1, 0.15) is 6.23 Å². The first-order valence-corrected chi connectivity index (χ1v) is 8.56. The maximum atomic E-state index is 6.10. The molecule has 23 heavy (non-hydrogen) atoms. The standard InChI is InChI=1S/C15H20ClN5O2/c16-15-19-13(17-6-5-10-3-1-7-22-10)12-14(20-15)21(9-18-12)11-4-2-8-23-11/h9-11H,1-8H2,(H,17,19,20). The average molecular weight is 338 g/mol. The first-order chi connectivity index (χ1) is 11.3. The molecule has 2 aliphatic heterocycles. The maximum absolute atomic E-state index is 6.10. The van der Waals surface area contributed by atoms with E-state index in [0.717, 1.165) is 63.0 Å². The molecule has 0 bridgehead atoms. The topological polar surface area (TPSA) is 74.1 Å². The molecule has 124 valence electrons. The van der Waals surface area contributed by atoms with Gasteiger partial charge in [-0.25, -0.2) is 4.98 Å². The van der Waals surface area contributed by atoms with E-state index in [4.69, 9.17) is 21.1 Å². The van der Waals surface area contributed by atoms with Crippen molar-refractivity contribution in [3.63, 3.8) is 0 Å². The number of hydrogen-bond donors (Lipinski definition) is 1. The summed E-state index contributed by atoms with van der Waals surface area (Å²) in [5.74, 6) is 0.676.